The van der Waals surface area contributed by atoms with Crippen LogP contribution in [0.1, 0.15) is 44.9 Å². The second-order valence-electron chi connectivity index (χ2n) is 7.10. The largest absolute Gasteiger partial charge is 0.543 e. The van der Waals surface area contributed by atoms with Gasteiger partial charge in [0.1, 0.15) is 11.5 Å². The van der Waals surface area contributed by atoms with Gasteiger partial charge in [0, 0.05) is 12.7 Å². The van der Waals surface area contributed by atoms with Crippen LogP contribution in [0.15, 0.2) is 12.1 Å². The molecule has 0 fully saturated rings. The van der Waals surface area contributed by atoms with Crippen molar-refractivity contribution < 1.29 is 13.9 Å². The molecule has 0 saturated carbocycles. The van der Waals surface area contributed by atoms with Gasteiger partial charge in [-0.2, -0.15) is 0 Å². The molecule has 21 heavy (non-hydrogen) atoms. The van der Waals surface area contributed by atoms with Gasteiger partial charge in [-0.25, -0.2) is 0 Å². The summed E-state index contributed by atoms with van der Waals surface area (Å²) < 4.78 is 17.4. The number of hydrogen-bond acceptors (Lipinski definition) is 3. The second-order valence-corrected chi connectivity index (χ2v) is 11.8. The topological polar surface area (TPSA) is 27.7 Å². The minimum absolute atomic E-state index is 0.0291. The Morgan fingerprint density at radius 1 is 1.10 bits per heavy atom. The smallest absolute Gasteiger partial charge is 0.250 e. The zero-order valence-electron chi connectivity index (χ0n) is 15.0. The first-order chi connectivity index (χ1) is 9.53. The van der Waals surface area contributed by atoms with Crippen LogP contribution in [0.5, 0.6) is 11.5 Å². The monoisotopic (exact) mass is 310 g/mol. The van der Waals surface area contributed by atoms with E-state index in [4.69, 9.17) is 13.9 Å². The van der Waals surface area contributed by atoms with Crippen LogP contribution < -0.4 is 9.16 Å². The molecule has 0 aromatic heterocycles. The predicted molar refractivity (Wildman–Crippen MR) is 91.0 cm³/mol. The summed E-state index contributed by atoms with van der Waals surface area (Å²) in [7, 11) is 1.51. The van der Waals surface area contributed by atoms with E-state index in [2.05, 4.69) is 40.8 Å². The quantitative estimate of drug-likeness (QED) is 0.709. The van der Waals surface area contributed by atoms with Crippen molar-refractivity contribution in [2.24, 2.45) is 0 Å². The Morgan fingerprint density at radius 2 is 1.67 bits per heavy atom. The molecule has 0 bridgehead atoms. The summed E-state index contributed by atoms with van der Waals surface area (Å²) in [6.07, 6.45) is -0.0291. The molecule has 0 amide bonds. The minimum Gasteiger partial charge on any atom is -0.543 e. The summed E-state index contributed by atoms with van der Waals surface area (Å²) in [5, 5.41) is 0.160. The molecule has 0 heterocycles. The van der Waals surface area contributed by atoms with Gasteiger partial charge < -0.3 is 13.9 Å². The molecule has 0 radical (unpaired) electrons. The van der Waals surface area contributed by atoms with Crippen molar-refractivity contribution in [1.29, 1.82) is 0 Å². The van der Waals surface area contributed by atoms with Gasteiger partial charge in [0.15, 0.2) is 0 Å². The van der Waals surface area contributed by atoms with Crippen LogP contribution in [0.2, 0.25) is 18.1 Å². The lowest BCUT2D eigenvalue weighted by molar-refractivity contribution is 0.117. The lowest BCUT2D eigenvalue weighted by Gasteiger charge is -2.38. The van der Waals surface area contributed by atoms with E-state index >= 15 is 0 Å². The fraction of sp³-hybridized carbons (Fsp3) is 0.647. The van der Waals surface area contributed by atoms with Gasteiger partial charge in [-0.05, 0) is 49.7 Å². The van der Waals surface area contributed by atoms with Crippen LogP contribution in [0.4, 0.5) is 0 Å². The zero-order valence-corrected chi connectivity index (χ0v) is 16.0. The normalized spacial score (nSPS) is 14.0. The molecule has 0 aliphatic heterocycles. The molecule has 120 valence electrons. The molecule has 0 N–H and O–H groups in total. The Labute approximate surface area is 130 Å². The third-order valence-electron chi connectivity index (χ3n) is 4.47. The average molecular weight is 311 g/mol. The summed E-state index contributed by atoms with van der Waals surface area (Å²) in [6, 6.07) is 4.04. The lowest BCUT2D eigenvalue weighted by atomic mass is 10.0. The summed E-state index contributed by atoms with van der Waals surface area (Å²) in [5.74, 6) is 1.80. The van der Waals surface area contributed by atoms with Crippen LogP contribution in [0.3, 0.4) is 0 Å². The van der Waals surface area contributed by atoms with E-state index in [1.54, 1.807) is 14.2 Å². The Morgan fingerprint density at radius 3 is 2.10 bits per heavy atom. The Kier molecular flexibility index (Phi) is 5.50. The van der Waals surface area contributed by atoms with Gasteiger partial charge >= 0.3 is 0 Å². The first kappa shape index (κ1) is 18.0. The van der Waals surface area contributed by atoms with Crippen molar-refractivity contribution in [2.45, 2.75) is 58.9 Å². The van der Waals surface area contributed by atoms with Crippen molar-refractivity contribution in [3.63, 3.8) is 0 Å². The third-order valence-corrected chi connectivity index (χ3v) is 8.79. The van der Waals surface area contributed by atoms with Crippen molar-refractivity contribution in [1.82, 2.24) is 0 Å². The van der Waals surface area contributed by atoms with Crippen LogP contribution in [-0.2, 0) is 4.74 Å². The number of hydrogen-bond donors (Lipinski definition) is 0. The van der Waals surface area contributed by atoms with Gasteiger partial charge in [-0.1, -0.05) is 20.8 Å². The summed E-state index contributed by atoms with van der Waals surface area (Å²) in [4.78, 5) is 0. The summed E-state index contributed by atoms with van der Waals surface area (Å²) >= 11 is 0. The van der Waals surface area contributed by atoms with E-state index in [1.807, 2.05) is 19.1 Å². The molecule has 0 saturated heterocycles. The number of methoxy groups -OCH3 is 2. The van der Waals surface area contributed by atoms with E-state index in [9.17, 15) is 0 Å². The van der Waals surface area contributed by atoms with E-state index in [0.29, 0.717) is 0 Å². The van der Waals surface area contributed by atoms with Crippen molar-refractivity contribution >= 4 is 8.32 Å². The maximum absolute atomic E-state index is 6.55. The molecule has 1 aromatic rings. The van der Waals surface area contributed by atoms with Crippen LogP contribution in [-0.4, -0.2) is 22.5 Å². The maximum atomic E-state index is 6.55. The number of rotatable bonds is 5. The maximum Gasteiger partial charge on any atom is 0.250 e. The molecule has 3 nitrogen and oxygen atoms in total. The first-order valence-corrected chi connectivity index (χ1v) is 10.3. The summed E-state index contributed by atoms with van der Waals surface area (Å²) in [5.41, 5.74) is 2.15. The van der Waals surface area contributed by atoms with E-state index in [1.165, 1.54) is 0 Å². The first-order valence-electron chi connectivity index (χ1n) is 7.44. The standard InChI is InChI=1S/C17H30O3Si/c1-12-10-14(19-7)11-15(13(2)18-6)16(12)20-21(8,9)17(3,4)5/h10-11,13H,1-9H3/t13-/m0/s1. The molecule has 1 aromatic carbocycles. The Bertz CT molecular complexity index is 490. The number of ether oxygens (including phenoxy) is 2. The molecule has 0 aliphatic rings. The fourth-order valence-corrected chi connectivity index (χ4v) is 2.96. The number of benzene rings is 1. The molecule has 0 unspecified atom stereocenters. The molecule has 0 aliphatic carbocycles. The molecule has 1 atom stereocenters. The molecular formula is C17H30O3Si. The molecule has 1 rings (SSSR count). The van der Waals surface area contributed by atoms with Gasteiger partial charge in [0.25, 0.3) is 8.32 Å². The van der Waals surface area contributed by atoms with Crippen molar-refractivity contribution in [3.05, 3.63) is 23.3 Å². The van der Waals surface area contributed by atoms with Gasteiger partial charge in [0.2, 0.25) is 0 Å². The zero-order chi connectivity index (χ0) is 16.4. The highest BCUT2D eigenvalue weighted by Gasteiger charge is 2.40. The molecule has 4 heteroatoms. The Hall–Kier alpha value is -1.00. The fourth-order valence-electron chi connectivity index (χ4n) is 1.86. The van der Waals surface area contributed by atoms with Gasteiger partial charge in [-0.15, -0.1) is 0 Å². The highest BCUT2D eigenvalue weighted by atomic mass is 28.4. The number of aryl methyl sites for hydroxylation is 1. The van der Waals surface area contributed by atoms with E-state index < -0.39 is 8.32 Å². The SMILES string of the molecule is COc1cc(C)c(O[Si](C)(C)C(C)(C)C)c([C@H](C)OC)c1. The van der Waals surface area contributed by atoms with Crippen LogP contribution >= 0.6 is 0 Å². The molecule has 0 spiro atoms. The summed E-state index contributed by atoms with van der Waals surface area (Å²) in [6.45, 7) is 15.4. The van der Waals surface area contributed by atoms with Gasteiger partial charge in [-0.3, -0.25) is 0 Å². The highest BCUT2D eigenvalue weighted by Crippen LogP contribution is 2.42. The predicted octanol–water partition coefficient (Wildman–Crippen LogP) is 5.10. The Balaban J connectivity index is 3.34. The second kappa shape index (κ2) is 6.40. The molecular weight excluding hydrogens is 280 g/mol. The highest BCUT2D eigenvalue weighted by molar-refractivity contribution is 6.74. The van der Waals surface area contributed by atoms with Crippen LogP contribution in [0, 0.1) is 6.92 Å². The van der Waals surface area contributed by atoms with Crippen molar-refractivity contribution in [2.75, 3.05) is 14.2 Å². The lowest BCUT2D eigenvalue weighted by Crippen LogP contribution is -2.44. The van der Waals surface area contributed by atoms with E-state index in [-0.39, 0.29) is 11.1 Å². The van der Waals surface area contributed by atoms with Gasteiger partial charge in [0.05, 0.1) is 13.2 Å². The van der Waals surface area contributed by atoms with Crippen molar-refractivity contribution in [3.8, 4) is 11.5 Å². The van der Waals surface area contributed by atoms with E-state index in [0.717, 1.165) is 22.6 Å². The third kappa shape index (κ3) is 4.01. The van der Waals surface area contributed by atoms with Crippen LogP contribution in [0.25, 0.3) is 0 Å². The minimum atomic E-state index is -1.89. The average Bonchev–Trinajstić information content (AvgIpc) is 2.38.